The lowest BCUT2D eigenvalue weighted by Gasteiger charge is -2.04. The van der Waals surface area contributed by atoms with Crippen LogP contribution in [0.2, 0.25) is 0 Å². The summed E-state index contributed by atoms with van der Waals surface area (Å²) in [5, 5.41) is 13.5. The third-order valence-electron chi connectivity index (χ3n) is 4.00. The van der Waals surface area contributed by atoms with Crippen LogP contribution < -0.4 is 10.6 Å². The number of hydrogen-bond acceptors (Lipinski definition) is 8. The molecule has 156 valence electrons. The average Bonchev–Trinajstić information content (AvgIpc) is 3.40. The van der Waals surface area contributed by atoms with Gasteiger partial charge in [0.05, 0.1) is 4.88 Å². The van der Waals surface area contributed by atoms with Gasteiger partial charge in [-0.3, -0.25) is 14.4 Å². The van der Waals surface area contributed by atoms with Crippen LogP contribution >= 0.6 is 22.7 Å². The van der Waals surface area contributed by atoms with E-state index in [-0.39, 0.29) is 30.0 Å². The normalized spacial score (nSPS) is 10.5. The third kappa shape index (κ3) is 5.94. The second-order valence-corrected chi connectivity index (χ2v) is 8.61. The molecule has 2 heterocycles. The number of benzene rings is 1. The second-order valence-electron chi connectivity index (χ2n) is 6.26. The van der Waals surface area contributed by atoms with Gasteiger partial charge >= 0.3 is 5.97 Å². The summed E-state index contributed by atoms with van der Waals surface area (Å²) < 4.78 is 5.08. The molecule has 0 bridgehead atoms. The summed E-state index contributed by atoms with van der Waals surface area (Å²) in [7, 11) is 0. The van der Waals surface area contributed by atoms with Gasteiger partial charge in [-0.2, -0.15) is 0 Å². The van der Waals surface area contributed by atoms with Crippen LogP contribution in [0.5, 0.6) is 0 Å². The van der Waals surface area contributed by atoms with Crippen LogP contribution in [0.25, 0.3) is 0 Å². The molecule has 0 spiro atoms. The van der Waals surface area contributed by atoms with E-state index in [0.717, 1.165) is 22.6 Å². The van der Waals surface area contributed by atoms with Gasteiger partial charge in [0.25, 0.3) is 11.8 Å². The number of nitrogens with zero attached hydrogens (tertiary/aromatic N) is 2. The number of carbonyl (C=O) groups excluding carboxylic acids is 3. The number of carbonyl (C=O) groups is 3. The summed E-state index contributed by atoms with van der Waals surface area (Å²) in [5.74, 6) is -1.31. The molecule has 0 atom stereocenters. The van der Waals surface area contributed by atoms with Crippen LogP contribution in [0, 0.1) is 6.92 Å². The molecule has 0 saturated carbocycles. The van der Waals surface area contributed by atoms with E-state index in [9.17, 15) is 14.4 Å². The van der Waals surface area contributed by atoms with Crippen LogP contribution in [-0.4, -0.2) is 34.5 Å². The lowest BCUT2D eigenvalue weighted by atomic mass is 10.1. The van der Waals surface area contributed by atoms with Crippen molar-refractivity contribution in [1.29, 1.82) is 0 Å². The molecule has 0 saturated heterocycles. The number of nitrogens with one attached hydrogen (secondary N) is 2. The van der Waals surface area contributed by atoms with E-state index in [4.69, 9.17) is 4.74 Å². The van der Waals surface area contributed by atoms with Crippen molar-refractivity contribution in [2.45, 2.75) is 26.9 Å². The van der Waals surface area contributed by atoms with Crippen LogP contribution in [-0.2, 0) is 22.6 Å². The van der Waals surface area contributed by atoms with Gasteiger partial charge in [-0.05, 0) is 43.2 Å². The van der Waals surface area contributed by atoms with Crippen LogP contribution in [0.3, 0.4) is 0 Å². The Morgan fingerprint density at radius 1 is 1.00 bits per heavy atom. The van der Waals surface area contributed by atoms with Crippen molar-refractivity contribution < 1.29 is 19.1 Å². The Morgan fingerprint density at radius 2 is 1.77 bits per heavy atom. The van der Waals surface area contributed by atoms with Gasteiger partial charge in [-0.15, -0.1) is 21.5 Å². The number of anilines is 1. The third-order valence-corrected chi connectivity index (χ3v) is 5.89. The lowest BCUT2D eigenvalue weighted by Crippen LogP contribution is -2.30. The smallest absolute Gasteiger partial charge is 0.325 e. The van der Waals surface area contributed by atoms with E-state index >= 15 is 0 Å². The largest absolute Gasteiger partial charge is 0.457 e. The molecule has 10 heteroatoms. The molecule has 2 N–H and O–H groups in total. The monoisotopic (exact) mass is 444 g/mol. The highest BCUT2D eigenvalue weighted by molar-refractivity contribution is 7.14. The topological polar surface area (TPSA) is 110 Å². The molecule has 0 aliphatic carbocycles. The molecule has 30 heavy (non-hydrogen) atoms. The first kappa shape index (κ1) is 21.6. The number of ether oxygens (including phenoxy) is 1. The molecule has 0 aliphatic heterocycles. The van der Waals surface area contributed by atoms with Crippen molar-refractivity contribution >= 4 is 46.1 Å². The highest BCUT2D eigenvalue weighted by atomic mass is 32.1. The second kappa shape index (κ2) is 10.1. The number of thiophene rings is 1. The molecule has 2 aromatic heterocycles. The first-order valence-electron chi connectivity index (χ1n) is 9.17. The molecule has 3 aromatic rings. The Labute approximate surface area is 181 Å². The Balaban J connectivity index is 1.44. The van der Waals surface area contributed by atoms with Gasteiger partial charge in [0.1, 0.15) is 13.2 Å². The Morgan fingerprint density at radius 3 is 2.43 bits per heavy atom. The molecule has 8 nitrogen and oxygen atoms in total. The quantitative estimate of drug-likeness (QED) is 0.516. The van der Waals surface area contributed by atoms with Gasteiger partial charge in [0.2, 0.25) is 5.01 Å². The van der Waals surface area contributed by atoms with Crippen LogP contribution in [0.4, 0.5) is 5.69 Å². The standard InChI is InChI=1S/C20H20N4O4S2/c1-3-13-5-7-14(8-6-13)22-19(27)20-24-23-16(30-20)11-28-17(25)10-21-18(26)15-9-4-12(2)29-15/h4-9H,3,10-11H2,1-2H3,(H,21,26)(H,22,27). The van der Waals surface area contributed by atoms with Crippen LogP contribution in [0.1, 0.15) is 41.8 Å². The summed E-state index contributed by atoms with van der Waals surface area (Å²) in [5.41, 5.74) is 1.84. The van der Waals surface area contributed by atoms with Gasteiger partial charge in [-0.25, -0.2) is 0 Å². The first-order chi connectivity index (χ1) is 14.4. The van der Waals surface area contributed by atoms with Crippen molar-refractivity contribution in [2.24, 2.45) is 0 Å². The van der Waals surface area contributed by atoms with Gasteiger partial charge in [0.15, 0.2) is 5.01 Å². The van der Waals surface area contributed by atoms with Crippen LogP contribution in [0.15, 0.2) is 36.4 Å². The Hall–Kier alpha value is -3.11. The minimum atomic E-state index is -0.603. The van der Waals surface area contributed by atoms with E-state index in [1.54, 1.807) is 6.07 Å². The molecule has 1 aromatic carbocycles. The number of esters is 1. The van der Waals surface area contributed by atoms with E-state index in [1.165, 1.54) is 16.9 Å². The zero-order valence-corrected chi connectivity index (χ0v) is 18.1. The number of aryl methyl sites for hydroxylation is 2. The molecular formula is C20H20N4O4S2. The summed E-state index contributed by atoms with van der Waals surface area (Å²) in [6, 6.07) is 11.1. The Kier molecular flexibility index (Phi) is 7.26. The summed E-state index contributed by atoms with van der Waals surface area (Å²) in [6.45, 7) is 3.58. The summed E-state index contributed by atoms with van der Waals surface area (Å²) >= 11 is 2.38. The van der Waals surface area contributed by atoms with E-state index in [1.807, 2.05) is 37.3 Å². The Bertz CT molecular complexity index is 1040. The van der Waals surface area contributed by atoms with Crippen molar-refractivity contribution in [1.82, 2.24) is 15.5 Å². The minimum Gasteiger partial charge on any atom is -0.457 e. The SMILES string of the molecule is CCc1ccc(NC(=O)c2nnc(COC(=O)CNC(=O)c3ccc(C)s3)s2)cc1. The summed E-state index contributed by atoms with van der Waals surface area (Å²) in [4.78, 5) is 37.6. The predicted molar refractivity (Wildman–Crippen MR) is 115 cm³/mol. The minimum absolute atomic E-state index is 0.122. The van der Waals surface area contributed by atoms with E-state index in [0.29, 0.717) is 15.6 Å². The number of hydrogen-bond donors (Lipinski definition) is 2. The fourth-order valence-electron chi connectivity index (χ4n) is 2.40. The van der Waals surface area contributed by atoms with E-state index in [2.05, 4.69) is 27.8 Å². The van der Waals surface area contributed by atoms with Crippen molar-refractivity contribution in [3.63, 3.8) is 0 Å². The molecule has 0 fully saturated rings. The van der Waals surface area contributed by atoms with Crippen molar-refractivity contribution in [3.05, 3.63) is 61.7 Å². The van der Waals surface area contributed by atoms with Gasteiger partial charge in [-0.1, -0.05) is 30.4 Å². The molecule has 2 amide bonds. The first-order valence-corrected chi connectivity index (χ1v) is 10.8. The number of aromatic nitrogens is 2. The maximum absolute atomic E-state index is 12.3. The zero-order chi connectivity index (χ0) is 21.5. The predicted octanol–water partition coefficient (Wildman–Crippen LogP) is 3.20. The fraction of sp³-hybridized carbons (Fsp3) is 0.250. The highest BCUT2D eigenvalue weighted by Crippen LogP contribution is 2.16. The average molecular weight is 445 g/mol. The fourth-order valence-corrected chi connectivity index (χ4v) is 3.83. The van der Waals surface area contributed by atoms with Crippen molar-refractivity contribution in [3.8, 4) is 0 Å². The maximum atomic E-state index is 12.3. The highest BCUT2D eigenvalue weighted by Gasteiger charge is 2.15. The number of amides is 2. The number of rotatable bonds is 8. The molecule has 0 radical (unpaired) electrons. The van der Waals surface area contributed by atoms with E-state index < -0.39 is 5.97 Å². The zero-order valence-electron chi connectivity index (χ0n) is 16.4. The van der Waals surface area contributed by atoms with Crippen molar-refractivity contribution in [2.75, 3.05) is 11.9 Å². The molecular weight excluding hydrogens is 424 g/mol. The molecule has 0 aliphatic rings. The lowest BCUT2D eigenvalue weighted by molar-refractivity contribution is -0.143. The molecule has 0 unspecified atom stereocenters. The summed E-state index contributed by atoms with van der Waals surface area (Å²) in [6.07, 6.45) is 0.921. The van der Waals surface area contributed by atoms with Gasteiger partial charge < -0.3 is 15.4 Å². The van der Waals surface area contributed by atoms with Gasteiger partial charge in [0, 0.05) is 10.6 Å². The maximum Gasteiger partial charge on any atom is 0.325 e. The molecule has 3 rings (SSSR count).